The Morgan fingerprint density at radius 1 is 0.943 bits per heavy atom. The van der Waals surface area contributed by atoms with Crippen LogP contribution in [0.25, 0.3) is 0 Å². The van der Waals surface area contributed by atoms with E-state index in [0.717, 1.165) is 16.8 Å². The van der Waals surface area contributed by atoms with Gasteiger partial charge in [-0.2, -0.15) is 0 Å². The standard InChI is InChI=1S/C28H30N2O5/c1-5-29(21-12-7-6-8-13-21)26(31)17-23(30-18-19-11-9-10-14-22(19)28(30)32)20-15-24(33-2)27(35-4)25(16-20)34-3/h6-16,23H,5,17-18H2,1-4H3/t23-/m0/s1. The van der Waals surface area contributed by atoms with Crippen molar-refractivity contribution in [2.24, 2.45) is 0 Å². The van der Waals surface area contributed by atoms with Gasteiger partial charge in [-0.3, -0.25) is 9.59 Å². The second kappa shape index (κ2) is 10.5. The molecule has 0 saturated heterocycles. The second-order valence-electron chi connectivity index (χ2n) is 8.24. The van der Waals surface area contributed by atoms with Crippen LogP contribution in [0.2, 0.25) is 0 Å². The van der Waals surface area contributed by atoms with Crippen LogP contribution in [0.1, 0.15) is 40.9 Å². The molecule has 7 heteroatoms. The fourth-order valence-corrected chi connectivity index (χ4v) is 4.62. The minimum atomic E-state index is -0.533. The van der Waals surface area contributed by atoms with E-state index in [4.69, 9.17) is 14.2 Å². The molecule has 0 aromatic heterocycles. The summed E-state index contributed by atoms with van der Waals surface area (Å²) in [6.45, 7) is 2.87. The molecule has 7 nitrogen and oxygen atoms in total. The van der Waals surface area contributed by atoms with Gasteiger partial charge in [-0.25, -0.2) is 0 Å². The van der Waals surface area contributed by atoms with Crippen molar-refractivity contribution in [3.8, 4) is 17.2 Å². The van der Waals surface area contributed by atoms with Crippen molar-refractivity contribution in [3.05, 3.63) is 83.4 Å². The Morgan fingerprint density at radius 2 is 1.57 bits per heavy atom. The number of amides is 2. The van der Waals surface area contributed by atoms with Gasteiger partial charge in [-0.1, -0.05) is 36.4 Å². The van der Waals surface area contributed by atoms with E-state index in [1.165, 1.54) is 0 Å². The maximum Gasteiger partial charge on any atom is 0.255 e. The van der Waals surface area contributed by atoms with Crippen LogP contribution in [0.4, 0.5) is 5.69 Å². The van der Waals surface area contributed by atoms with E-state index < -0.39 is 6.04 Å². The van der Waals surface area contributed by atoms with Crippen LogP contribution in [0.5, 0.6) is 17.2 Å². The predicted molar refractivity (Wildman–Crippen MR) is 134 cm³/mol. The highest BCUT2D eigenvalue weighted by Crippen LogP contribution is 2.43. The van der Waals surface area contributed by atoms with Gasteiger partial charge in [0, 0.05) is 24.3 Å². The fraction of sp³-hybridized carbons (Fsp3) is 0.286. The highest BCUT2D eigenvalue weighted by atomic mass is 16.5. The first-order valence-electron chi connectivity index (χ1n) is 11.6. The van der Waals surface area contributed by atoms with Crippen molar-refractivity contribution in [3.63, 3.8) is 0 Å². The SMILES string of the molecule is CCN(C(=O)C[C@@H](c1cc(OC)c(OC)c(OC)c1)N1Cc2ccccc2C1=O)c1ccccc1. The summed E-state index contributed by atoms with van der Waals surface area (Å²) in [5, 5.41) is 0. The first-order chi connectivity index (χ1) is 17.0. The van der Waals surface area contributed by atoms with Gasteiger partial charge in [-0.15, -0.1) is 0 Å². The molecule has 1 aliphatic rings. The summed E-state index contributed by atoms with van der Waals surface area (Å²) >= 11 is 0. The number of benzene rings is 3. The van der Waals surface area contributed by atoms with Crippen molar-refractivity contribution < 1.29 is 23.8 Å². The van der Waals surface area contributed by atoms with E-state index in [9.17, 15) is 9.59 Å². The molecular weight excluding hydrogens is 444 g/mol. The maximum absolute atomic E-state index is 13.6. The Kier molecular flexibility index (Phi) is 7.25. The van der Waals surface area contributed by atoms with Crippen LogP contribution < -0.4 is 19.1 Å². The van der Waals surface area contributed by atoms with Gasteiger partial charge < -0.3 is 24.0 Å². The minimum Gasteiger partial charge on any atom is -0.493 e. The molecule has 3 aromatic rings. The lowest BCUT2D eigenvalue weighted by Crippen LogP contribution is -2.37. The van der Waals surface area contributed by atoms with Crippen LogP contribution in [0.3, 0.4) is 0 Å². The van der Waals surface area contributed by atoms with Crippen LogP contribution in [0, 0.1) is 0 Å². The Balaban J connectivity index is 1.77. The first-order valence-corrected chi connectivity index (χ1v) is 11.6. The number of anilines is 1. The average molecular weight is 475 g/mol. The molecule has 4 rings (SSSR count). The van der Waals surface area contributed by atoms with Crippen LogP contribution >= 0.6 is 0 Å². The predicted octanol–water partition coefficient (Wildman–Crippen LogP) is 4.85. The zero-order valence-corrected chi connectivity index (χ0v) is 20.5. The van der Waals surface area contributed by atoms with Crippen molar-refractivity contribution in [1.82, 2.24) is 4.90 Å². The molecule has 0 unspecified atom stereocenters. The highest BCUT2D eigenvalue weighted by Gasteiger charge is 2.36. The number of hydrogen-bond donors (Lipinski definition) is 0. The number of fused-ring (bicyclic) bond motifs is 1. The molecule has 0 bridgehead atoms. The van der Waals surface area contributed by atoms with E-state index in [2.05, 4.69) is 0 Å². The summed E-state index contributed by atoms with van der Waals surface area (Å²) in [7, 11) is 4.64. The van der Waals surface area contributed by atoms with Crippen molar-refractivity contribution in [2.45, 2.75) is 25.9 Å². The summed E-state index contributed by atoms with van der Waals surface area (Å²) in [4.78, 5) is 30.6. The van der Waals surface area contributed by atoms with Gasteiger partial charge in [-0.05, 0) is 48.4 Å². The molecule has 3 aromatic carbocycles. The van der Waals surface area contributed by atoms with Crippen LogP contribution in [-0.4, -0.2) is 44.6 Å². The lowest BCUT2D eigenvalue weighted by molar-refractivity contribution is -0.119. The summed E-state index contributed by atoms with van der Waals surface area (Å²) in [6.07, 6.45) is 0.0983. The summed E-state index contributed by atoms with van der Waals surface area (Å²) in [5.41, 5.74) is 3.16. The molecular formula is C28H30N2O5. The summed E-state index contributed by atoms with van der Waals surface area (Å²) < 4.78 is 16.6. The second-order valence-corrected chi connectivity index (χ2v) is 8.24. The number of ether oxygens (including phenoxy) is 3. The molecule has 182 valence electrons. The molecule has 1 aliphatic heterocycles. The van der Waals surface area contributed by atoms with Gasteiger partial charge in [0.05, 0.1) is 33.8 Å². The number of para-hydroxylation sites is 1. The van der Waals surface area contributed by atoms with E-state index in [0.29, 0.717) is 35.9 Å². The molecule has 1 atom stereocenters. The topological polar surface area (TPSA) is 68.3 Å². The van der Waals surface area contributed by atoms with E-state index >= 15 is 0 Å². The quantitative estimate of drug-likeness (QED) is 0.443. The molecule has 2 amide bonds. The van der Waals surface area contributed by atoms with Crippen molar-refractivity contribution in [1.29, 1.82) is 0 Å². The molecule has 0 fully saturated rings. The summed E-state index contributed by atoms with van der Waals surface area (Å²) in [5.74, 6) is 1.22. The Bertz CT molecular complexity index is 1190. The largest absolute Gasteiger partial charge is 0.493 e. The first kappa shape index (κ1) is 24.1. The van der Waals surface area contributed by atoms with Crippen LogP contribution in [0.15, 0.2) is 66.7 Å². The highest BCUT2D eigenvalue weighted by molar-refractivity contribution is 5.99. The Morgan fingerprint density at radius 3 is 2.14 bits per heavy atom. The van der Waals surface area contributed by atoms with E-state index in [1.54, 1.807) is 31.1 Å². The Labute approximate surface area is 205 Å². The summed E-state index contributed by atoms with van der Waals surface area (Å²) in [6, 6.07) is 20.2. The molecule has 1 heterocycles. The number of nitrogens with zero attached hydrogens (tertiary/aromatic N) is 2. The molecule has 35 heavy (non-hydrogen) atoms. The fourth-order valence-electron chi connectivity index (χ4n) is 4.62. The monoisotopic (exact) mass is 474 g/mol. The third-order valence-corrected chi connectivity index (χ3v) is 6.35. The molecule has 0 spiro atoms. The zero-order chi connectivity index (χ0) is 24.9. The number of methoxy groups -OCH3 is 3. The van der Waals surface area contributed by atoms with E-state index in [1.807, 2.05) is 73.7 Å². The van der Waals surface area contributed by atoms with Gasteiger partial charge in [0.1, 0.15) is 0 Å². The molecule has 0 aliphatic carbocycles. The van der Waals surface area contributed by atoms with Crippen LogP contribution in [-0.2, 0) is 11.3 Å². The average Bonchev–Trinajstić information content (AvgIpc) is 3.23. The zero-order valence-electron chi connectivity index (χ0n) is 20.5. The molecule has 0 N–H and O–H groups in total. The normalized spacial score (nSPS) is 13.3. The van der Waals surface area contributed by atoms with Gasteiger partial charge in [0.25, 0.3) is 5.91 Å². The van der Waals surface area contributed by atoms with Gasteiger partial charge in [0.15, 0.2) is 11.5 Å². The van der Waals surface area contributed by atoms with E-state index in [-0.39, 0.29) is 18.2 Å². The van der Waals surface area contributed by atoms with Crippen molar-refractivity contribution in [2.75, 3.05) is 32.8 Å². The number of carbonyl (C=O) groups excluding carboxylic acids is 2. The third kappa shape index (κ3) is 4.67. The lowest BCUT2D eigenvalue weighted by atomic mass is 9.99. The molecule has 0 saturated carbocycles. The third-order valence-electron chi connectivity index (χ3n) is 6.35. The lowest BCUT2D eigenvalue weighted by Gasteiger charge is -2.31. The maximum atomic E-state index is 13.6. The number of hydrogen-bond acceptors (Lipinski definition) is 5. The van der Waals surface area contributed by atoms with Gasteiger partial charge >= 0.3 is 0 Å². The minimum absolute atomic E-state index is 0.0822. The number of carbonyl (C=O) groups is 2. The molecule has 0 radical (unpaired) electrons. The Hall–Kier alpha value is -4.00. The smallest absolute Gasteiger partial charge is 0.255 e. The van der Waals surface area contributed by atoms with Gasteiger partial charge in [0.2, 0.25) is 11.7 Å². The van der Waals surface area contributed by atoms with Crippen molar-refractivity contribution >= 4 is 17.5 Å². The number of rotatable bonds is 9.